The normalized spacial score (nSPS) is 30.1. The summed E-state index contributed by atoms with van der Waals surface area (Å²) in [6.45, 7) is 6.50. The zero-order valence-corrected chi connectivity index (χ0v) is 12.8. The number of likely N-dealkylation sites (tertiary alicyclic amines) is 2. The van der Waals surface area contributed by atoms with E-state index in [0.717, 1.165) is 25.4 Å². The van der Waals surface area contributed by atoms with Crippen molar-refractivity contribution < 1.29 is 4.79 Å². The van der Waals surface area contributed by atoms with E-state index in [1.165, 1.54) is 51.6 Å². The third-order valence-corrected chi connectivity index (χ3v) is 5.27. The fraction of sp³-hybridized carbons (Fsp3) is 0.938. The molecule has 3 aliphatic rings. The summed E-state index contributed by atoms with van der Waals surface area (Å²) in [5.41, 5.74) is 0. The predicted octanol–water partition coefficient (Wildman–Crippen LogP) is 2.44. The molecule has 2 aliphatic heterocycles. The van der Waals surface area contributed by atoms with Crippen LogP contribution in [0.15, 0.2) is 0 Å². The van der Waals surface area contributed by atoms with Gasteiger partial charge in [-0.1, -0.05) is 6.42 Å². The van der Waals surface area contributed by atoms with Gasteiger partial charge in [0.25, 0.3) is 0 Å². The molecule has 4 heteroatoms. The molecule has 3 fully saturated rings. The van der Waals surface area contributed by atoms with Crippen LogP contribution in [0.25, 0.3) is 0 Å². The first-order valence-electron chi connectivity index (χ1n) is 8.53. The number of urea groups is 1. The molecule has 20 heavy (non-hydrogen) atoms. The van der Waals surface area contributed by atoms with E-state index in [0.29, 0.717) is 12.1 Å². The number of hydrogen-bond donors (Lipinski definition) is 1. The topological polar surface area (TPSA) is 35.6 Å². The van der Waals surface area contributed by atoms with Crippen molar-refractivity contribution in [3.05, 3.63) is 0 Å². The Kier molecular flexibility index (Phi) is 4.49. The van der Waals surface area contributed by atoms with Gasteiger partial charge in [-0.25, -0.2) is 4.79 Å². The van der Waals surface area contributed by atoms with Gasteiger partial charge in [0.1, 0.15) is 0 Å². The van der Waals surface area contributed by atoms with Gasteiger partial charge in [0.2, 0.25) is 0 Å². The van der Waals surface area contributed by atoms with Crippen molar-refractivity contribution in [2.75, 3.05) is 26.2 Å². The quantitative estimate of drug-likeness (QED) is 0.861. The maximum Gasteiger partial charge on any atom is 0.317 e. The van der Waals surface area contributed by atoms with Crippen LogP contribution in [0.1, 0.15) is 51.9 Å². The highest BCUT2D eigenvalue weighted by Crippen LogP contribution is 2.32. The lowest BCUT2D eigenvalue weighted by Crippen LogP contribution is -2.49. The summed E-state index contributed by atoms with van der Waals surface area (Å²) >= 11 is 0. The third kappa shape index (κ3) is 3.46. The zero-order valence-electron chi connectivity index (χ0n) is 12.8. The van der Waals surface area contributed by atoms with Crippen LogP contribution in [-0.2, 0) is 0 Å². The molecule has 2 amide bonds. The summed E-state index contributed by atoms with van der Waals surface area (Å²) in [5, 5.41) is 3.22. The number of rotatable bonds is 3. The van der Waals surface area contributed by atoms with E-state index < -0.39 is 0 Å². The number of amides is 2. The summed E-state index contributed by atoms with van der Waals surface area (Å²) in [6, 6.07) is 1.13. The lowest BCUT2D eigenvalue weighted by molar-refractivity contribution is 0.163. The first-order valence-corrected chi connectivity index (χ1v) is 8.53. The molecule has 2 atom stereocenters. The first kappa shape index (κ1) is 14.2. The van der Waals surface area contributed by atoms with Crippen LogP contribution in [0.5, 0.6) is 0 Å². The summed E-state index contributed by atoms with van der Waals surface area (Å²) in [4.78, 5) is 17.1. The van der Waals surface area contributed by atoms with Gasteiger partial charge in [-0.2, -0.15) is 0 Å². The second-order valence-electron chi connectivity index (χ2n) is 6.91. The monoisotopic (exact) mass is 279 g/mol. The van der Waals surface area contributed by atoms with Gasteiger partial charge in [0.05, 0.1) is 0 Å². The van der Waals surface area contributed by atoms with Crippen LogP contribution in [0.4, 0.5) is 4.79 Å². The Hall–Kier alpha value is -0.770. The smallest absolute Gasteiger partial charge is 0.317 e. The standard InChI is InChI=1S/C16H29N3O/c1-13(14-7-8-14)17-16(20)19-11-3-2-6-15(12-19)18-9-4-5-10-18/h13-15H,2-12H2,1H3,(H,17,20). The Labute approximate surface area is 122 Å². The second-order valence-corrected chi connectivity index (χ2v) is 6.91. The second kappa shape index (κ2) is 6.33. The molecule has 0 aromatic heterocycles. The SMILES string of the molecule is CC(NC(=O)N1CCCCC(N2CCCC2)C1)C1CC1. The maximum atomic E-state index is 12.5. The fourth-order valence-electron chi connectivity index (χ4n) is 3.71. The highest BCUT2D eigenvalue weighted by molar-refractivity contribution is 5.74. The highest BCUT2D eigenvalue weighted by Gasteiger charge is 2.32. The van der Waals surface area contributed by atoms with Crippen LogP contribution in [-0.4, -0.2) is 54.1 Å². The van der Waals surface area contributed by atoms with Crippen molar-refractivity contribution in [3.63, 3.8) is 0 Å². The summed E-state index contributed by atoms with van der Waals surface area (Å²) in [7, 11) is 0. The van der Waals surface area contributed by atoms with Gasteiger partial charge >= 0.3 is 6.03 Å². The largest absolute Gasteiger partial charge is 0.335 e. The number of nitrogens with one attached hydrogen (secondary N) is 1. The minimum Gasteiger partial charge on any atom is -0.335 e. The Bertz CT molecular complexity index is 337. The Balaban J connectivity index is 1.54. The van der Waals surface area contributed by atoms with Crippen molar-refractivity contribution in [2.45, 2.75) is 64.0 Å². The summed E-state index contributed by atoms with van der Waals surface area (Å²) < 4.78 is 0. The lowest BCUT2D eigenvalue weighted by Gasteiger charge is -2.31. The van der Waals surface area contributed by atoms with Gasteiger partial charge in [-0.05, 0) is 64.5 Å². The molecule has 0 spiro atoms. The third-order valence-electron chi connectivity index (χ3n) is 5.27. The number of carbonyl (C=O) groups excluding carboxylic acids is 1. The molecule has 0 bridgehead atoms. The molecule has 0 aromatic carbocycles. The molecule has 4 nitrogen and oxygen atoms in total. The minimum atomic E-state index is 0.176. The molecule has 0 radical (unpaired) electrons. The van der Waals surface area contributed by atoms with Crippen molar-refractivity contribution >= 4 is 6.03 Å². The summed E-state index contributed by atoms with van der Waals surface area (Å²) in [5.74, 6) is 0.736. The molecule has 114 valence electrons. The van der Waals surface area contributed by atoms with Crippen molar-refractivity contribution in [3.8, 4) is 0 Å². The number of nitrogens with zero attached hydrogens (tertiary/aromatic N) is 2. The van der Waals surface area contributed by atoms with Crippen molar-refractivity contribution in [2.24, 2.45) is 5.92 Å². The van der Waals surface area contributed by atoms with Crippen molar-refractivity contribution in [1.29, 1.82) is 0 Å². The molecule has 1 aliphatic carbocycles. The van der Waals surface area contributed by atoms with Crippen LogP contribution in [0.3, 0.4) is 0 Å². The van der Waals surface area contributed by atoms with Crippen LogP contribution >= 0.6 is 0 Å². The summed E-state index contributed by atoms with van der Waals surface area (Å²) in [6.07, 6.45) is 8.94. The van der Waals surface area contributed by atoms with E-state index >= 15 is 0 Å². The van der Waals surface area contributed by atoms with Gasteiger partial charge in [0.15, 0.2) is 0 Å². The van der Waals surface area contributed by atoms with Crippen LogP contribution in [0, 0.1) is 5.92 Å². The molecule has 2 heterocycles. The van der Waals surface area contributed by atoms with Gasteiger partial charge in [0, 0.05) is 25.2 Å². The first-order chi connectivity index (χ1) is 9.74. The maximum absolute atomic E-state index is 12.5. The molecule has 1 N–H and O–H groups in total. The Morgan fingerprint density at radius 2 is 1.75 bits per heavy atom. The predicted molar refractivity (Wildman–Crippen MR) is 80.7 cm³/mol. The van der Waals surface area contributed by atoms with E-state index in [1.54, 1.807) is 0 Å². The van der Waals surface area contributed by atoms with Gasteiger partial charge in [-0.3, -0.25) is 4.90 Å². The van der Waals surface area contributed by atoms with E-state index in [1.807, 2.05) is 0 Å². The van der Waals surface area contributed by atoms with E-state index in [2.05, 4.69) is 22.0 Å². The molecule has 2 unspecified atom stereocenters. The van der Waals surface area contributed by atoms with Gasteiger partial charge in [-0.15, -0.1) is 0 Å². The molecule has 0 aromatic rings. The van der Waals surface area contributed by atoms with E-state index in [-0.39, 0.29) is 6.03 Å². The number of carbonyl (C=O) groups is 1. The molecule has 3 rings (SSSR count). The average Bonchev–Trinajstić information content (AvgIpc) is 3.21. The average molecular weight is 279 g/mol. The minimum absolute atomic E-state index is 0.176. The van der Waals surface area contributed by atoms with Crippen molar-refractivity contribution in [1.82, 2.24) is 15.1 Å². The van der Waals surface area contributed by atoms with Gasteiger partial charge < -0.3 is 10.2 Å². The van der Waals surface area contributed by atoms with E-state index in [4.69, 9.17) is 0 Å². The highest BCUT2D eigenvalue weighted by atomic mass is 16.2. The van der Waals surface area contributed by atoms with E-state index in [9.17, 15) is 4.79 Å². The Morgan fingerprint density at radius 3 is 2.45 bits per heavy atom. The lowest BCUT2D eigenvalue weighted by atomic mass is 10.1. The number of hydrogen-bond acceptors (Lipinski definition) is 2. The van der Waals surface area contributed by atoms with Crippen LogP contribution < -0.4 is 5.32 Å². The fourth-order valence-corrected chi connectivity index (χ4v) is 3.71. The molecule has 1 saturated carbocycles. The Morgan fingerprint density at radius 1 is 1.05 bits per heavy atom. The van der Waals surface area contributed by atoms with Crippen LogP contribution in [0.2, 0.25) is 0 Å². The molecular weight excluding hydrogens is 250 g/mol. The molecule has 2 saturated heterocycles. The molecular formula is C16H29N3O. The zero-order chi connectivity index (χ0) is 13.9.